The Morgan fingerprint density at radius 2 is 1.15 bits per heavy atom. The van der Waals surface area contributed by atoms with Gasteiger partial charge in [0.1, 0.15) is 0 Å². The highest BCUT2D eigenvalue weighted by molar-refractivity contribution is 5.77. The van der Waals surface area contributed by atoms with E-state index in [1.54, 1.807) is 12.1 Å². The number of hydrogen-bond acceptors (Lipinski definition) is 2. The van der Waals surface area contributed by atoms with E-state index in [-0.39, 0.29) is 5.69 Å². The Morgan fingerprint density at radius 1 is 0.700 bits per heavy atom. The third-order valence-electron chi connectivity index (χ3n) is 2.74. The van der Waals surface area contributed by atoms with E-state index in [2.05, 4.69) is 20.0 Å². The van der Waals surface area contributed by atoms with Crippen LogP contribution in [0.1, 0.15) is 0 Å². The fourth-order valence-corrected chi connectivity index (χ4v) is 1.86. The number of carbonyl (C=O) groups is 1. The Morgan fingerprint density at radius 3 is 1.65 bits per heavy atom. The summed E-state index contributed by atoms with van der Waals surface area (Å²) in [6.07, 6.45) is 0. The smallest absolute Gasteiger partial charge is 0.306 e. The summed E-state index contributed by atoms with van der Waals surface area (Å²) in [5.41, 5.74) is 1.56. The van der Waals surface area contributed by atoms with Crippen LogP contribution in [0.3, 0.4) is 0 Å². The number of para-hydroxylation sites is 4. The molecule has 0 bridgehead atoms. The Kier molecular flexibility index (Phi) is 2.96. The van der Waals surface area contributed by atoms with Crippen molar-refractivity contribution in [1.29, 1.82) is 0 Å². The van der Waals surface area contributed by atoms with E-state index in [4.69, 9.17) is 0 Å². The molecule has 0 radical (unpaired) electrons. The zero-order valence-corrected chi connectivity index (χ0v) is 10.3. The van der Waals surface area contributed by atoms with Crippen molar-refractivity contribution >= 4 is 17.1 Å². The average molecular weight is 266 g/mol. The van der Waals surface area contributed by atoms with Crippen LogP contribution in [-0.4, -0.2) is 16.0 Å². The van der Waals surface area contributed by atoms with Crippen molar-refractivity contribution in [2.24, 2.45) is 9.98 Å². The molecule has 0 aliphatic carbocycles. The maximum absolute atomic E-state index is 10.7. The van der Waals surface area contributed by atoms with E-state index in [0.29, 0.717) is 10.7 Å². The number of nitrogens with zero attached hydrogens (tertiary/aromatic N) is 2. The molecule has 2 N–H and O–H groups in total. The summed E-state index contributed by atoms with van der Waals surface area (Å²) in [6.45, 7) is 0. The highest BCUT2D eigenvalue weighted by Gasteiger charge is 2.01. The number of rotatable bonds is 0. The van der Waals surface area contributed by atoms with Crippen LogP contribution >= 0.6 is 0 Å². The SMILES string of the molecule is O=C1N=c2ccccc2=N1.O=c1[nH]c2ccccc2[nH]1. The highest BCUT2D eigenvalue weighted by Crippen LogP contribution is 2.03. The van der Waals surface area contributed by atoms with E-state index >= 15 is 0 Å². The van der Waals surface area contributed by atoms with Gasteiger partial charge in [-0.25, -0.2) is 9.59 Å². The van der Waals surface area contributed by atoms with Crippen molar-refractivity contribution in [2.75, 3.05) is 0 Å². The largest absolute Gasteiger partial charge is 0.368 e. The number of benzene rings is 2. The van der Waals surface area contributed by atoms with Crippen LogP contribution in [0.5, 0.6) is 0 Å². The van der Waals surface area contributed by atoms with Gasteiger partial charge in [-0.1, -0.05) is 24.3 Å². The van der Waals surface area contributed by atoms with Gasteiger partial charge in [0, 0.05) is 0 Å². The van der Waals surface area contributed by atoms with Crippen molar-refractivity contribution < 1.29 is 4.79 Å². The first-order valence-electron chi connectivity index (χ1n) is 5.96. The molecule has 0 fully saturated rings. The molecule has 0 saturated carbocycles. The number of urea groups is 1. The standard InChI is InChI=1S/C7H6N2O.C7H4N2O/c2*10-7-8-5-3-1-2-4-6(5)9-7/h1-4H,(H2,8,9,10);1-4H. The second kappa shape index (κ2) is 4.93. The molecule has 6 nitrogen and oxygen atoms in total. The lowest BCUT2D eigenvalue weighted by atomic mass is 10.3. The topological polar surface area (TPSA) is 90.4 Å². The summed E-state index contributed by atoms with van der Waals surface area (Å²) in [4.78, 5) is 33.8. The molecule has 2 heterocycles. The molecule has 98 valence electrons. The molecule has 6 heteroatoms. The molecule has 0 atom stereocenters. The van der Waals surface area contributed by atoms with Crippen LogP contribution in [0.2, 0.25) is 0 Å². The predicted octanol–water partition coefficient (Wildman–Crippen LogP) is 0.916. The first-order valence-corrected chi connectivity index (χ1v) is 5.96. The normalized spacial score (nSPS) is 12.1. The second-order valence-electron chi connectivity index (χ2n) is 4.12. The number of nitrogens with one attached hydrogen (secondary N) is 2. The molecule has 2 amide bonds. The lowest BCUT2D eigenvalue weighted by molar-refractivity contribution is 0.256. The van der Waals surface area contributed by atoms with Gasteiger partial charge in [0.05, 0.1) is 21.7 Å². The van der Waals surface area contributed by atoms with E-state index in [9.17, 15) is 9.59 Å². The Hall–Kier alpha value is -3.02. The van der Waals surface area contributed by atoms with Crippen LogP contribution in [0.25, 0.3) is 11.0 Å². The van der Waals surface area contributed by atoms with Crippen molar-refractivity contribution in [2.45, 2.75) is 0 Å². The first-order chi connectivity index (χ1) is 9.72. The number of fused-ring (bicyclic) bond motifs is 2. The molecule has 4 rings (SSSR count). The Labute approximate surface area is 112 Å². The lowest BCUT2D eigenvalue weighted by Crippen LogP contribution is -2.19. The molecule has 1 aliphatic heterocycles. The first kappa shape index (κ1) is 12.0. The Bertz CT molecular complexity index is 880. The molecule has 1 aromatic heterocycles. The number of imidazole rings is 1. The molecule has 0 saturated heterocycles. The molecule has 1 aliphatic rings. The quantitative estimate of drug-likeness (QED) is 0.633. The summed E-state index contributed by atoms with van der Waals surface area (Å²) in [5, 5.41) is 1.35. The van der Waals surface area contributed by atoms with Crippen molar-refractivity contribution in [3.8, 4) is 0 Å². The number of hydrogen-bond donors (Lipinski definition) is 2. The number of H-pyrrole nitrogens is 2. The van der Waals surface area contributed by atoms with Gasteiger partial charge < -0.3 is 9.97 Å². The third-order valence-corrected chi connectivity index (χ3v) is 2.74. The van der Waals surface area contributed by atoms with Crippen LogP contribution in [0, 0.1) is 0 Å². The Balaban J connectivity index is 0.000000121. The fraction of sp³-hybridized carbons (Fsp3) is 0. The maximum Gasteiger partial charge on any atom is 0.368 e. The summed E-state index contributed by atoms with van der Waals surface area (Å²) >= 11 is 0. The molecular formula is C14H10N4O2. The number of amides is 2. The zero-order chi connectivity index (χ0) is 13.9. The van der Waals surface area contributed by atoms with Gasteiger partial charge in [0.25, 0.3) is 0 Å². The summed E-state index contributed by atoms with van der Waals surface area (Å²) in [5.74, 6) is 0. The van der Waals surface area contributed by atoms with E-state index < -0.39 is 6.03 Å². The minimum atomic E-state index is -0.402. The summed E-state index contributed by atoms with van der Waals surface area (Å²) in [7, 11) is 0. The number of carbonyl (C=O) groups excluding carboxylic acids is 1. The van der Waals surface area contributed by atoms with E-state index in [1.165, 1.54) is 0 Å². The van der Waals surface area contributed by atoms with Crippen molar-refractivity contribution in [1.82, 2.24) is 9.97 Å². The van der Waals surface area contributed by atoms with Crippen molar-refractivity contribution in [3.05, 3.63) is 69.7 Å². The van der Waals surface area contributed by atoms with E-state index in [1.807, 2.05) is 36.4 Å². The van der Waals surface area contributed by atoms with E-state index in [0.717, 1.165) is 11.0 Å². The molecule has 2 aromatic carbocycles. The average Bonchev–Trinajstić information content (AvgIpc) is 2.99. The third kappa shape index (κ3) is 2.39. The zero-order valence-electron chi connectivity index (χ0n) is 10.3. The van der Waals surface area contributed by atoms with Gasteiger partial charge in [-0.3, -0.25) is 0 Å². The van der Waals surface area contributed by atoms with Gasteiger partial charge in [0.15, 0.2) is 0 Å². The molecule has 20 heavy (non-hydrogen) atoms. The highest BCUT2D eigenvalue weighted by atomic mass is 16.2. The van der Waals surface area contributed by atoms with Crippen LogP contribution in [-0.2, 0) is 0 Å². The summed E-state index contributed by atoms with van der Waals surface area (Å²) in [6, 6.07) is 14.3. The number of aromatic nitrogens is 2. The maximum atomic E-state index is 10.7. The molecule has 0 spiro atoms. The summed E-state index contributed by atoms with van der Waals surface area (Å²) < 4.78 is 0. The minimum Gasteiger partial charge on any atom is -0.306 e. The fourth-order valence-electron chi connectivity index (χ4n) is 1.86. The minimum absolute atomic E-state index is 0.152. The van der Waals surface area contributed by atoms with Gasteiger partial charge in [-0.15, -0.1) is 0 Å². The molecule has 3 aromatic rings. The lowest BCUT2D eigenvalue weighted by Gasteiger charge is -1.81. The predicted molar refractivity (Wildman–Crippen MR) is 73.1 cm³/mol. The second-order valence-corrected chi connectivity index (χ2v) is 4.12. The van der Waals surface area contributed by atoms with Crippen LogP contribution < -0.4 is 16.4 Å². The van der Waals surface area contributed by atoms with Gasteiger partial charge in [0.2, 0.25) is 0 Å². The number of aromatic amines is 2. The van der Waals surface area contributed by atoms with Crippen LogP contribution in [0.4, 0.5) is 4.79 Å². The van der Waals surface area contributed by atoms with Gasteiger partial charge in [-0.2, -0.15) is 9.98 Å². The van der Waals surface area contributed by atoms with Crippen LogP contribution in [0.15, 0.2) is 63.3 Å². The monoisotopic (exact) mass is 266 g/mol. The molecule has 0 unspecified atom stereocenters. The molecular weight excluding hydrogens is 256 g/mol. The van der Waals surface area contributed by atoms with Gasteiger partial charge >= 0.3 is 11.7 Å². The van der Waals surface area contributed by atoms with Crippen molar-refractivity contribution in [3.63, 3.8) is 0 Å². The van der Waals surface area contributed by atoms with Gasteiger partial charge in [-0.05, 0) is 24.3 Å².